The molecule has 8 nitrogen and oxygen atoms in total. The van der Waals surface area contributed by atoms with E-state index in [-0.39, 0.29) is 43.1 Å². The number of nitrogens with zero attached hydrogens (tertiary/aromatic N) is 1. The van der Waals surface area contributed by atoms with Gasteiger partial charge in [0.2, 0.25) is 11.8 Å². The number of carbonyl (C=O) groups is 4. The summed E-state index contributed by atoms with van der Waals surface area (Å²) in [5.41, 5.74) is 0.362. The third kappa shape index (κ3) is 3.37. The van der Waals surface area contributed by atoms with Crippen molar-refractivity contribution in [2.24, 2.45) is 5.92 Å². The predicted octanol–water partition coefficient (Wildman–Crippen LogP) is 0.332. The van der Waals surface area contributed by atoms with Crippen molar-refractivity contribution in [3.8, 4) is 0 Å². The zero-order valence-electron chi connectivity index (χ0n) is 13.3. The molecule has 3 rings (SSSR count). The van der Waals surface area contributed by atoms with Gasteiger partial charge in [-0.2, -0.15) is 0 Å². The monoisotopic (exact) mass is 343 g/mol. The molecule has 3 amide bonds. The van der Waals surface area contributed by atoms with E-state index in [1.807, 2.05) is 6.07 Å². The number of hydrogen-bond donors (Lipinski definition) is 3. The minimum Gasteiger partial charge on any atom is -0.478 e. The number of hydrogen-bond acceptors (Lipinski definition) is 4. The van der Waals surface area contributed by atoms with Crippen LogP contribution in [0.4, 0.5) is 5.69 Å². The molecule has 130 valence electrons. The van der Waals surface area contributed by atoms with Gasteiger partial charge in [0.1, 0.15) is 5.70 Å². The van der Waals surface area contributed by atoms with Crippen molar-refractivity contribution in [2.75, 3.05) is 18.4 Å². The Morgan fingerprint density at radius 2 is 1.96 bits per heavy atom. The van der Waals surface area contributed by atoms with Crippen LogP contribution in [0, 0.1) is 5.92 Å². The van der Waals surface area contributed by atoms with Crippen molar-refractivity contribution >= 4 is 29.4 Å². The van der Waals surface area contributed by atoms with Gasteiger partial charge in [0.25, 0.3) is 5.91 Å². The molecule has 1 aromatic carbocycles. The van der Waals surface area contributed by atoms with Gasteiger partial charge in [-0.05, 0) is 18.6 Å². The third-order valence-electron chi connectivity index (χ3n) is 4.21. The van der Waals surface area contributed by atoms with Crippen LogP contribution in [0.1, 0.15) is 12.8 Å². The normalized spacial score (nSPS) is 20.0. The molecule has 25 heavy (non-hydrogen) atoms. The lowest BCUT2D eigenvalue weighted by Gasteiger charge is -2.37. The van der Waals surface area contributed by atoms with E-state index in [1.54, 1.807) is 24.3 Å². The van der Waals surface area contributed by atoms with Gasteiger partial charge < -0.3 is 20.6 Å². The van der Waals surface area contributed by atoms with Crippen LogP contribution in [-0.4, -0.2) is 46.8 Å². The molecule has 1 aromatic rings. The van der Waals surface area contributed by atoms with E-state index in [4.69, 9.17) is 0 Å². The van der Waals surface area contributed by atoms with Crippen molar-refractivity contribution in [1.29, 1.82) is 0 Å². The first-order valence-electron chi connectivity index (χ1n) is 7.88. The van der Waals surface area contributed by atoms with Gasteiger partial charge >= 0.3 is 5.97 Å². The number of rotatable bonds is 4. The lowest BCUT2D eigenvalue weighted by atomic mass is 9.88. The molecule has 0 radical (unpaired) electrons. The SMILES string of the molecule is O=C(CC1CC(C(=O)O)=C2C(=O)NCCN2C1=O)Nc1ccccc1. The Balaban J connectivity index is 1.79. The molecule has 0 saturated carbocycles. The van der Waals surface area contributed by atoms with Gasteiger partial charge in [-0.3, -0.25) is 14.4 Å². The first-order valence-corrected chi connectivity index (χ1v) is 7.88. The number of carbonyl (C=O) groups excluding carboxylic acids is 3. The molecule has 2 aliphatic heterocycles. The molecule has 2 heterocycles. The van der Waals surface area contributed by atoms with E-state index in [2.05, 4.69) is 10.6 Å². The molecule has 0 aliphatic carbocycles. The molecular weight excluding hydrogens is 326 g/mol. The smallest absolute Gasteiger partial charge is 0.333 e. The van der Waals surface area contributed by atoms with Crippen molar-refractivity contribution in [1.82, 2.24) is 10.2 Å². The average Bonchev–Trinajstić information content (AvgIpc) is 2.58. The highest BCUT2D eigenvalue weighted by atomic mass is 16.4. The Kier molecular flexibility index (Phi) is 4.51. The van der Waals surface area contributed by atoms with Gasteiger partial charge in [-0.15, -0.1) is 0 Å². The van der Waals surface area contributed by atoms with Crippen LogP contribution >= 0.6 is 0 Å². The Bertz CT molecular complexity index is 772. The lowest BCUT2D eigenvalue weighted by Crippen LogP contribution is -2.53. The largest absolute Gasteiger partial charge is 0.478 e. The van der Waals surface area contributed by atoms with Crippen molar-refractivity contribution < 1.29 is 24.3 Å². The van der Waals surface area contributed by atoms with Crippen LogP contribution in [0.2, 0.25) is 0 Å². The zero-order valence-corrected chi connectivity index (χ0v) is 13.3. The number of fused-ring (bicyclic) bond motifs is 1. The van der Waals surface area contributed by atoms with Crippen LogP contribution in [0.25, 0.3) is 0 Å². The molecule has 0 spiro atoms. The summed E-state index contributed by atoms with van der Waals surface area (Å²) in [7, 11) is 0. The third-order valence-corrected chi connectivity index (χ3v) is 4.21. The Morgan fingerprint density at radius 3 is 2.64 bits per heavy atom. The predicted molar refractivity (Wildman–Crippen MR) is 87.2 cm³/mol. The Hall–Kier alpha value is -3.16. The molecule has 1 fully saturated rings. The molecule has 1 unspecified atom stereocenters. The fraction of sp³-hybridized carbons (Fsp3) is 0.294. The van der Waals surface area contributed by atoms with Crippen molar-refractivity contribution in [3.05, 3.63) is 41.6 Å². The van der Waals surface area contributed by atoms with Crippen LogP contribution in [-0.2, 0) is 19.2 Å². The summed E-state index contributed by atoms with van der Waals surface area (Å²) >= 11 is 0. The number of piperazine rings is 1. The summed E-state index contributed by atoms with van der Waals surface area (Å²) in [6.45, 7) is 0.456. The number of carboxylic acid groups (broad SMARTS) is 1. The number of benzene rings is 1. The molecule has 3 N–H and O–H groups in total. The van der Waals surface area contributed by atoms with E-state index in [9.17, 15) is 24.3 Å². The zero-order chi connectivity index (χ0) is 18.0. The summed E-state index contributed by atoms with van der Waals surface area (Å²) < 4.78 is 0. The molecule has 0 aromatic heterocycles. The number of para-hydroxylation sites is 1. The van der Waals surface area contributed by atoms with Gasteiger partial charge in [0, 0.05) is 25.2 Å². The van der Waals surface area contributed by atoms with E-state index in [0.717, 1.165) is 0 Å². The number of aliphatic carboxylic acids is 1. The number of anilines is 1. The quantitative estimate of drug-likeness (QED) is 0.729. The lowest BCUT2D eigenvalue weighted by molar-refractivity contribution is -0.142. The summed E-state index contributed by atoms with van der Waals surface area (Å²) in [5.74, 6) is -3.39. The summed E-state index contributed by atoms with van der Waals surface area (Å²) in [6.07, 6.45) is -0.286. The second kappa shape index (κ2) is 6.76. The maximum Gasteiger partial charge on any atom is 0.333 e. The first kappa shape index (κ1) is 16.7. The van der Waals surface area contributed by atoms with E-state index in [0.29, 0.717) is 5.69 Å². The standard InChI is InChI=1S/C17H17N3O5/c21-13(19-11-4-2-1-3-5-11)9-10-8-12(17(24)25)14-15(22)18-6-7-20(14)16(10)23/h1-5,10H,6-9H2,(H,18,22)(H,19,21)(H,24,25). The summed E-state index contributed by atoms with van der Waals surface area (Å²) in [6, 6.07) is 8.79. The van der Waals surface area contributed by atoms with Gasteiger partial charge in [-0.25, -0.2) is 4.79 Å². The van der Waals surface area contributed by atoms with Crippen LogP contribution in [0.15, 0.2) is 41.6 Å². The topological polar surface area (TPSA) is 116 Å². The molecule has 1 saturated heterocycles. The fourth-order valence-corrected chi connectivity index (χ4v) is 3.08. The fourth-order valence-electron chi connectivity index (χ4n) is 3.08. The Labute approximate surface area is 143 Å². The highest BCUT2D eigenvalue weighted by Crippen LogP contribution is 2.31. The maximum atomic E-state index is 12.6. The second-order valence-corrected chi connectivity index (χ2v) is 5.90. The highest BCUT2D eigenvalue weighted by molar-refractivity contribution is 6.08. The van der Waals surface area contributed by atoms with Crippen molar-refractivity contribution in [2.45, 2.75) is 12.8 Å². The number of carboxylic acids is 1. The summed E-state index contributed by atoms with van der Waals surface area (Å²) in [4.78, 5) is 49.5. The van der Waals surface area contributed by atoms with Crippen LogP contribution in [0.3, 0.4) is 0 Å². The second-order valence-electron chi connectivity index (χ2n) is 5.90. The minimum atomic E-state index is -1.25. The van der Waals surface area contributed by atoms with E-state index >= 15 is 0 Å². The number of amides is 3. The highest BCUT2D eigenvalue weighted by Gasteiger charge is 2.42. The van der Waals surface area contributed by atoms with Crippen LogP contribution in [0.5, 0.6) is 0 Å². The maximum absolute atomic E-state index is 12.6. The molecule has 1 atom stereocenters. The van der Waals surface area contributed by atoms with Gasteiger partial charge in [-0.1, -0.05) is 18.2 Å². The van der Waals surface area contributed by atoms with Gasteiger partial charge in [0.05, 0.1) is 11.5 Å². The minimum absolute atomic E-state index is 0.108. The molecule has 0 bridgehead atoms. The van der Waals surface area contributed by atoms with Gasteiger partial charge in [0.15, 0.2) is 0 Å². The molecular formula is C17H17N3O5. The molecule has 2 aliphatic rings. The van der Waals surface area contributed by atoms with E-state index in [1.165, 1.54) is 4.90 Å². The average molecular weight is 343 g/mol. The van der Waals surface area contributed by atoms with Crippen molar-refractivity contribution in [3.63, 3.8) is 0 Å². The Morgan fingerprint density at radius 1 is 1.24 bits per heavy atom. The number of nitrogens with one attached hydrogen (secondary N) is 2. The molecule has 8 heteroatoms. The van der Waals surface area contributed by atoms with Crippen LogP contribution < -0.4 is 10.6 Å². The van der Waals surface area contributed by atoms with E-state index < -0.39 is 23.7 Å². The summed E-state index contributed by atoms with van der Waals surface area (Å²) in [5, 5.41) is 14.6. The first-order chi connectivity index (χ1) is 12.0.